The Morgan fingerprint density at radius 3 is 2.39 bits per heavy atom. The van der Waals surface area contributed by atoms with Crippen LogP contribution in [0, 0.1) is 23.1 Å². The van der Waals surface area contributed by atoms with Crippen molar-refractivity contribution in [1.29, 1.82) is 0 Å². The van der Waals surface area contributed by atoms with Crippen LogP contribution < -0.4 is 4.90 Å². The van der Waals surface area contributed by atoms with Crippen LogP contribution in [0.3, 0.4) is 0 Å². The molecule has 0 aliphatic heterocycles. The van der Waals surface area contributed by atoms with Crippen molar-refractivity contribution in [3.8, 4) is 11.8 Å². The minimum atomic E-state index is -0.224. The van der Waals surface area contributed by atoms with E-state index >= 15 is 0 Å². The highest BCUT2D eigenvalue weighted by Gasteiger charge is 2.26. The fraction of sp³-hybridized carbons (Fsp3) is 0.143. The van der Waals surface area contributed by atoms with Crippen molar-refractivity contribution in [3.63, 3.8) is 0 Å². The van der Waals surface area contributed by atoms with Crippen molar-refractivity contribution in [2.45, 2.75) is 6.42 Å². The molecule has 0 heterocycles. The number of hydrogen-bond acceptors (Lipinski definition) is 1. The Morgan fingerprint density at radius 1 is 1.09 bits per heavy atom. The third-order valence-corrected chi connectivity index (χ3v) is 3.91. The van der Waals surface area contributed by atoms with Crippen molar-refractivity contribution >= 4 is 5.69 Å². The molecule has 23 heavy (non-hydrogen) atoms. The summed E-state index contributed by atoms with van der Waals surface area (Å²) < 4.78 is 13.0. The molecule has 0 aromatic heterocycles. The first-order chi connectivity index (χ1) is 11.2. The number of allylic oxidation sites excluding steroid dienone is 3. The fourth-order valence-corrected chi connectivity index (χ4v) is 2.35. The van der Waals surface area contributed by atoms with Crippen molar-refractivity contribution in [3.05, 3.63) is 90.4 Å². The van der Waals surface area contributed by atoms with Gasteiger partial charge < -0.3 is 4.90 Å². The number of benzene rings is 2. The molecule has 0 saturated carbocycles. The molecule has 1 aliphatic carbocycles. The first-order valence-corrected chi connectivity index (χ1v) is 7.61. The number of nitrogens with zero attached hydrogens (tertiary/aromatic N) is 1. The van der Waals surface area contributed by atoms with E-state index in [0.29, 0.717) is 0 Å². The van der Waals surface area contributed by atoms with Crippen LogP contribution in [0.2, 0.25) is 0 Å². The summed E-state index contributed by atoms with van der Waals surface area (Å²) >= 11 is 0. The zero-order chi connectivity index (χ0) is 16.1. The molecule has 0 amide bonds. The smallest absolute Gasteiger partial charge is 0.123 e. The normalized spacial score (nSPS) is 19.0. The van der Waals surface area contributed by atoms with E-state index in [2.05, 4.69) is 30.1 Å². The van der Waals surface area contributed by atoms with Crippen LogP contribution in [0.5, 0.6) is 0 Å². The summed E-state index contributed by atoms with van der Waals surface area (Å²) in [7, 11) is 1.95. The van der Waals surface area contributed by atoms with Gasteiger partial charge in [-0.3, -0.25) is 0 Å². The van der Waals surface area contributed by atoms with Crippen molar-refractivity contribution < 1.29 is 4.39 Å². The summed E-state index contributed by atoms with van der Waals surface area (Å²) in [5.74, 6) is 6.37. The maximum Gasteiger partial charge on any atom is 0.123 e. The average Bonchev–Trinajstić information content (AvgIpc) is 2.55. The molecule has 1 nitrogen and oxygen atoms in total. The Balaban J connectivity index is 1.75. The second kappa shape index (κ2) is 6.54. The van der Waals surface area contributed by atoms with Gasteiger partial charge in [-0.25, -0.2) is 4.39 Å². The molecule has 2 aromatic carbocycles. The fourth-order valence-electron chi connectivity index (χ4n) is 2.35. The molecule has 1 aliphatic rings. The maximum atomic E-state index is 13.0. The Hall–Kier alpha value is -2.79. The molecule has 0 radical (unpaired) electrons. The van der Waals surface area contributed by atoms with Crippen molar-refractivity contribution in [2.24, 2.45) is 5.41 Å². The topological polar surface area (TPSA) is 3.24 Å². The molecule has 0 bridgehead atoms. The van der Waals surface area contributed by atoms with E-state index in [-0.39, 0.29) is 11.2 Å². The van der Waals surface area contributed by atoms with E-state index in [9.17, 15) is 4.39 Å². The Labute approximate surface area is 136 Å². The van der Waals surface area contributed by atoms with E-state index in [4.69, 9.17) is 0 Å². The Kier molecular flexibility index (Phi) is 4.30. The van der Waals surface area contributed by atoms with Gasteiger partial charge in [-0.1, -0.05) is 42.2 Å². The van der Waals surface area contributed by atoms with Gasteiger partial charge in [-0.2, -0.15) is 0 Å². The van der Waals surface area contributed by atoms with Crippen LogP contribution in [-0.4, -0.2) is 7.05 Å². The van der Waals surface area contributed by atoms with E-state index < -0.39 is 0 Å². The summed E-state index contributed by atoms with van der Waals surface area (Å²) in [4.78, 5) is 1.97. The van der Waals surface area contributed by atoms with Crippen LogP contribution in [0.15, 0.2) is 79.0 Å². The van der Waals surface area contributed by atoms with Crippen LogP contribution >= 0.6 is 0 Å². The van der Waals surface area contributed by atoms with Gasteiger partial charge in [-0.05, 0) is 48.9 Å². The molecule has 2 aromatic rings. The van der Waals surface area contributed by atoms with Gasteiger partial charge in [0.15, 0.2) is 0 Å². The van der Waals surface area contributed by atoms with Crippen LogP contribution in [0.25, 0.3) is 0 Å². The molecule has 0 saturated heterocycles. The summed E-state index contributed by atoms with van der Waals surface area (Å²) in [6, 6.07) is 16.5. The van der Waals surface area contributed by atoms with Gasteiger partial charge >= 0.3 is 0 Å². The lowest BCUT2D eigenvalue weighted by atomic mass is 9.76. The monoisotopic (exact) mass is 303 g/mol. The van der Waals surface area contributed by atoms with Gasteiger partial charge in [0.1, 0.15) is 5.82 Å². The minimum Gasteiger partial charge on any atom is -0.351 e. The largest absolute Gasteiger partial charge is 0.351 e. The van der Waals surface area contributed by atoms with E-state index in [0.717, 1.165) is 17.7 Å². The molecule has 0 fully saturated rings. The van der Waals surface area contributed by atoms with Crippen LogP contribution in [0.4, 0.5) is 10.1 Å². The van der Waals surface area contributed by atoms with E-state index in [1.807, 2.05) is 48.5 Å². The third-order valence-electron chi connectivity index (χ3n) is 3.91. The summed E-state index contributed by atoms with van der Waals surface area (Å²) in [6.07, 6.45) is 9.27. The first kappa shape index (κ1) is 15.1. The lowest BCUT2D eigenvalue weighted by Gasteiger charge is -2.27. The highest BCUT2D eigenvalue weighted by molar-refractivity contribution is 5.49. The molecule has 3 rings (SSSR count). The first-order valence-electron chi connectivity index (χ1n) is 7.61. The Bertz CT molecular complexity index is 778. The van der Waals surface area contributed by atoms with Gasteiger partial charge in [0, 0.05) is 24.5 Å². The van der Waals surface area contributed by atoms with Crippen molar-refractivity contribution in [1.82, 2.24) is 0 Å². The number of hydrogen-bond donors (Lipinski definition) is 0. The van der Waals surface area contributed by atoms with Crippen LogP contribution in [-0.2, 0) is 0 Å². The van der Waals surface area contributed by atoms with Gasteiger partial charge in [0.25, 0.3) is 0 Å². The maximum absolute atomic E-state index is 13.0. The van der Waals surface area contributed by atoms with Gasteiger partial charge in [0.2, 0.25) is 0 Å². The highest BCUT2D eigenvalue weighted by Crippen LogP contribution is 2.34. The summed E-state index contributed by atoms with van der Waals surface area (Å²) in [5, 5.41) is 0. The zero-order valence-corrected chi connectivity index (χ0v) is 13.0. The minimum absolute atomic E-state index is 0.204. The molecule has 0 spiro atoms. The Morgan fingerprint density at radius 2 is 1.78 bits per heavy atom. The van der Waals surface area contributed by atoms with Crippen molar-refractivity contribution in [2.75, 3.05) is 11.9 Å². The predicted molar refractivity (Wildman–Crippen MR) is 93.5 cm³/mol. The second-order valence-electron chi connectivity index (χ2n) is 5.67. The predicted octanol–water partition coefficient (Wildman–Crippen LogP) is 4.77. The van der Waals surface area contributed by atoms with Crippen LogP contribution in [0.1, 0.15) is 12.0 Å². The van der Waals surface area contributed by atoms with E-state index in [1.165, 1.54) is 12.1 Å². The molecule has 114 valence electrons. The quantitative estimate of drug-likeness (QED) is 0.583. The van der Waals surface area contributed by atoms with E-state index in [1.54, 1.807) is 12.1 Å². The second-order valence-corrected chi connectivity index (χ2v) is 5.67. The molecule has 1 unspecified atom stereocenters. The number of halogens is 1. The average molecular weight is 303 g/mol. The number of anilines is 1. The van der Waals surface area contributed by atoms with Gasteiger partial charge in [0.05, 0.1) is 5.41 Å². The molecule has 1 atom stereocenters. The molecule has 2 heteroatoms. The molecular formula is C21H18FN. The number of rotatable bonds is 3. The third kappa shape index (κ3) is 3.70. The summed E-state index contributed by atoms with van der Waals surface area (Å²) in [6.45, 7) is 0. The highest BCUT2D eigenvalue weighted by atomic mass is 19.1. The van der Waals surface area contributed by atoms with Gasteiger partial charge in [-0.15, -0.1) is 0 Å². The summed E-state index contributed by atoms with van der Waals surface area (Å²) in [5.41, 5.74) is 1.76. The lowest BCUT2D eigenvalue weighted by Crippen LogP contribution is -2.20. The molecular weight excluding hydrogens is 285 g/mol. The SMILES string of the molecule is CN(/C=C\C1(C#Cc2ccccc2)C=CC1)c1ccc(F)cc1. The standard InChI is InChI=1S/C21H18FN/c1-23(20-10-8-19(22)9-11-20)17-16-21(13-5-14-21)15-12-18-6-3-2-4-7-18/h2-11,13,16-17H,14H2,1H3/b17-16-. The lowest BCUT2D eigenvalue weighted by molar-refractivity contribution is 0.606. The molecule has 0 N–H and O–H groups in total. The zero-order valence-electron chi connectivity index (χ0n) is 13.0.